The molecule has 7 nitrogen and oxygen atoms in total. The van der Waals surface area contributed by atoms with Gasteiger partial charge in [0.05, 0.1) is 23.1 Å². The summed E-state index contributed by atoms with van der Waals surface area (Å²) in [6.07, 6.45) is 0. The summed E-state index contributed by atoms with van der Waals surface area (Å²) >= 11 is 0. The normalized spacial score (nSPS) is 27.6. The molecule has 24 heavy (non-hydrogen) atoms. The van der Waals surface area contributed by atoms with Crippen molar-refractivity contribution in [3.8, 4) is 0 Å². The van der Waals surface area contributed by atoms with Crippen LogP contribution in [0.15, 0.2) is 24.3 Å². The van der Waals surface area contributed by atoms with Crippen molar-refractivity contribution in [1.29, 1.82) is 0 Å². The maximum Gasteiger partial charge on any atom is 0.247 e. The van der Waals surface area contributed by atoms with Crippen LogP contribution in [0.4, 0.5) is 11.4 Å². The number of anilines is 2. The molecule has 0 saturated carbocycles. The second-order valence-corrected chi connectivity index (χ2v) is 9.08. The summed E-state index contributed by atoms with van der Waals surface area (Å²) < 4.78 is 24.1. The first-order valence-electron chi connectivity index (χ1n) is 7.78. The molecular formula is C16H21N3O4S. The van der Waals surface area contributed by atoms with Crippen LogP contribution in [0.1, 0.15) is 20.8 Å². The molecule has 0 spiro atoms. The summed E-state index contributed by atoms with van der Waals surface area (Å²) in [5, 5.41) is 5.84. The zero-order valence-corrected chi connectivity index (χ0v) is 14.7. The van der Waals surface area contributed by atoms with E-state index in [9.17, 15) is 18.0 Å². The lowest BCUT2D eigenvalue weighted by Gasteiger charge is -2.45. The first-order valence-corrected chi connectivity index (χ1v) is 9.61. The third-order valence-corrected chi connectivity index (χ3v) is 6.14. The van der Waals surface area contributed by atoms with Crippen LogP contribution in [-0.4, -0.2) is 49.4 Å². The molecule has 2 fully saturated rings. The van der Waals surface area contributed by atoms with Crippen molar-refractivity contribution in [3.05, 3.63) is 24.3 Å². The Morgan fingerprint density at radius 1 is 1.25 bits per heavy atom. The summed E-state index contributed by atoms with van der Waals surface area (Å²) in [6, 6.07) is 6.17. The third-order valence-electron chi connectivity index (χ3n) is 4.42. The highest BCUT2D eigenvalue weighted by molar-refractivity contribution is 7.91. The molecule has 2 aliphatic heterocycles. The number of carbonyl (C=O) groups excluding carboxylic acids is 2. The highest BCUT2D eigenvalue weighted by Crippen LogP contribution is 2.32. The highest BCUT2D eigenvalue weighted by atomic mass is 32.2. The zero-order chi connectivity index (χ0) is 17.7. The van der Waals surface area contributed by atoms with Crippen molar-refractivity contribution in [1.82, 2.24) is 5.32 Å². The number of hydrogen-bond donors (Lipinski definition) is 2. The van der Waals surface area contributed by atoms with Crippen molar-refractivity contribution in [2.45, 2.75) is 38.4 Å². The van der Waals surface area contributed by atoms with Crippen LogP contribution in [0.3, 0.4) is 0 Å². The van der Waals surface area contributed by atoms with Gasteiger partial charge in [-0.1, -0.05) is 0 Å². The fourth-order valence-electron chi connectivity index (χ4n) is 3.42. The fraction of sp³-hybridized carbons (Fsp3) is 0.500. The van der Waals surface area contributed by atoms with Gasteiger partial charge in [-0.05, 0) is 38.1 Å². The Labute approximate surface area is 141 Å². The molecule has 0 aliphatic carbocycles. The van der Waals surface area contributed by atoms with Crippen molar-refractivity contribution < 1.29 is 18.0 Å². The molecule has 130 valence electrons. The average Bonchev–Trinajstić information content (AvgIpc) is 2.74. The molecule has 2 amide bonds. The maximum atomic E-state index is 12.9. The molecule has 2 saturated heterocycles. The van der Waals surface area contributed by atoms with E-state index in [0.29, 0.717) is 11.4 Å². The molecule has 0 radical (unpaired) electrons. The number of piperazine rings is 1. The standard InChI is InChI=1S/C16H21N3O4S/c1-10(20)17-11-4-6-12(7-5-11)19-14-9-24(22,23)8-13(14)18-16(2,3)15(19)21/h4-7,13-14,18H,8-9H2,1-3H3,(H,17,20)/t13-,14+/m1/s1. The monoisotopic (exact) mass is 351 g/mol. The van der Waals surface area contributed by atoms with E-state index >= 15 is 0 Å². The number of nitrogens with zero attached hydrogens (tertiary/aromatic N) is 1. The topological polar surface area (TPSA) is 95.6 Å². The van der Waals surface area contributed by atoms with Crippen molar-refractivity contribution in [3.63, 3.8) is 0 Å². The van der Waals surface area contributed by atoms with E-state index in [1.807, 2.05) is 0 Å². The number of nitrogens with one attached hydrogen (secondary N) is 2. The van der Waals surface area contributed by atoms with Crippen LogP contribution in [0.5, 0.6) is 0 Å². The third kappa shape index (κ3) is 3.03. The van der Waals surface area contributed by atoms with E-state index in [-0.39, 0.29) is 29.4 Å². The van der Waals surface area contributed by atoms with Crippen molar-refractivity contribution in [2.75, 3.05) is 21.7 Å². The SMILES string of the molecule is CC(=O)Nc1ccc(N2C(=O)C(C)(C)N[C@@H]3CS(=O)(=O)C[C@@H]32)cc1. The second-order valence-electron chi connectivity index (χ2n) is 6.92. The molecule has 0 unspecified atom stereocenters. The smallest absolute Gasteiger partial charge is 0.247 e. The van der Waals surface area contributed by atoms with Gasteiger partial charge in [-0.25, -0.2) is 8.42 Å². The second kappa shape index (κ2) is 5.56. The van der Waals surface area contributed by atoms with Gasteiger partial charge in [0, 0.05) is 24.3 Å². The predicted molar refractivity (Wildman–Crippen MR) is 91.7 cm³/mol. The Kier molecular flexibility index (Phi) is 3.92. The van der Waals surface area contributed by atoms with E-state index in [0.717, 1.165) is 0 Å². The molecule has 2 N–H and O–H groups in total. The Bertz CT molecular complexity index is 786. The average molecular weight is 351 g/mol. The highest BCUT2D eigenvalue weighted by Gasteiger charge is 2.52. The quantitative estimate of drug-likeness (QED) is 0.810. The lowest BCUT2D eigenvalue weighted by atomic mass is 9.93. The first-order chi connectivity index (χ1) is 11.1. The Balaban J connectivity index is 1.97. The van der Waals surface area contributed by atoms with Gasteiger partial charge in [0.25, 0.3) is 0 Å². The fourth-order valence-corrected chi connectivity index (χ4v) is 5.31. The van der Waals surface area contributed by atoms with Crippen molar-refractivity contribution >= 4 is 33.0 Å². The van der Waals surface area contributed by atoms with E-state index in [1.165, 1.54) is 6.92 Å². The number of fused-ring (bicyclic) bond motifs is 1. The molecule has 2 aliphatic rings. The van der Waals surface area contributed by atoms with Gasteiger partial charge in [0.1, 0.15) is 0 Å². The van der Waals surface area contributed by atoms with Crippen LogP contribution in [0.2, 0.25) is 0 Å². The summed E-state index contributed by atoms with van der Waals surface area (Å²) in [7, 11) is -3.18. The van der Waals surface area contributed by atoms with Crippen molar-refractivity contribution in [2.24, 2.45) is 0 Å². The molecule has 3 rings (SSSR count). The minimum absolute atomic E-state index is 0.0366. The molecule has 1 aromatic carbocycles. The Morgan fingerprint density at radius 3 is 2.46 bits per heavy atom. The zero-order valence-electron chi connectivity index (χ0n) is 13.9. The number of sulfone groups is 1. The minimum Gasteiger partial charge on any atom is -0.326 e. The lowest BCUT2D eigenvalue weighted by molar-refractivity contribution is -0.126. The molecular weight excluding hydrogens is 330 g/mol. The van der Waals surface area contributed by atoms with Crippen LogP contribution < -0.4 is 15.5 Å². The summed E-state index contributed by atoms with van der Waals surface area (Å²) in [4.78, 5) is 25.6. The van der Waals surface area contributed by atoms with Crippen LogP contribution in [-0.2, 0) is 19.4 Å². The molecule has 2 atom stereocenters. The minimum atomic E-state index is -3.18. The molecule has 0 bridgehead atoms. The molecule has 1 aromatic rings. The maximum absolute atomic E-state index is 12.9. The van der Waals surface area contributed by atoms with E-state index < -0.39 is 21.4 Å². The largest absolute Gasteiger partial charge is 0.326 e. The number of benzene rings is 1. The Morgan fingerprint density at radius 2 is 1.88 bits per heavy atom. The summed E-state index contributed by atoms with van der Waals surface area (Å²) in [6.45, 7) is 4.94. The summed E-state index contributed by atoms with van der Waals surface area (Å²) in [5.74, 6) is -0.341. The van der Waals surface area contributed by atoms with Crippen LogP contribution in [0, 0.1) is 0 Å². The lowest BCUT2D eigenvalue weighted by Crippen LogP contribution is -2.69. The van der Waals surface area contributed by atoms with Gasteiger partial charge < -0.3 is 10.2 Å². The Hall–Kier alpha value is -1.93. The van der Waals surface area contributed by atoms with Gasteiger partial charge >= 0.3 is 0 Å². The van der Waals surface area contributed by atoms with Gasteiger partial charge in [0.2, 0.25) is 11.8 Å². The molecule has 2 heterocycles. The van der Waals surface area contributed by atoms with Gasteiger partial charge in [-0.2, -0.15) is 0 Å². The van der Waals surface area contributed by atoms with E-state index in [2.05, 4.69) is 10.6 Å². The van der Waals surface area contributed by atoms with Gasteiger partial charge in [-0.3, -0.25) is 14.9 Å². The van der Waals surface area contributed by atoms with Gasteiger partial charge in [0.15, 0.2) is 9.84 Å². The van der Waals surface area contributed by atoms with Crippen LogP contribution in [0.25, 0.3) is 0 Å². The number of carbonyl (C=O) groups is 2. The van der Waals surface area contributed by atoms with E-state index in [1.54, 1.807) is 43.0 Å². The van der Waals surface area contributed by atoms with Gasteiger partial charge in [-0.15, -0.1) is 0 Å². The van der Waals surface area contributed by atoms with Crippen LogP contribution >= 0.6 is 0 Å². The number of hydrogen-bond acceptors (Lipinski definition) is 5. The molecule has 0 aromatic heterocycles. The first kappa shape index (κ1) is 16.9. The number of amides is 2. The predicted octanol–water partition coefficient (Wildman–Crippen LogP) is 0.525. The molecule has 8 heteroatoms. The van der Waals surface area contributed by atoms with E-state index in [4.69, 9.17) is 0 Å². The summed E-state index contributed by atoms with van der Waals surface area (Å²) in [5.41, 5.74) is 0.427. The number of rotatable bonds is 2.